The van der Waals surface area contributed by atoms with E-state index in [0.29, 0.717) is 12.6 Å². The fourth-order valence-electron chi connectivity index (χ4n) is 3.67. The van der Waals surface area contributed by atoms with E-state index in [1.807, 2.05) is 35.2 Å². The van der Waals surface area contributed by atoms with Crippen LogP contribution in [0, 0.1) is 0 Å². The predicted molar refractivity (Wildman–Crippen MR) is 128 cm³/mol. The second-order valence-electron chi connectivity index (χ2n) is 7.16. The van der Waals surface area contributed by atoms with E-state index in [1.54, 1.807) is 7.05 Å². The SMILES string of the molecule is C=CCN1CCC(NC(=NC)NCCCN2C(=O)COc3ccccc32)CC1.I. The van der Waals surface area contributed by atoms with Crippen LogP contribution in [-0.4, -0.2) is 69.2 Å². The number of carbonyl (C=O) groups excluding carboxylic acids is 1. The fraction of sp³-hybridized carbons (Fsp3) is 0.524. The summed E-state index contributed by atoms with van der Waals surface area (Å²) in [6.45, 7) is 8.45. The molecule has 1 amide bonds. The molecule has 0 aromatic heterocycles. The van der Waals surface area contributed by atoms with Crippen molar-refractivity contribution >= 4 is 41.5 Å². The summed E-state index contributed by atoms with van der Waals surface area (Å²) in [7, 11) is 1.80. The highest BCUT2D eigenvalue weighted by Gasteiger charge is 2.24. The molecule has 1 aromatic rings. The zero-order chi connectivity index (χ0) is 19.8. The summed E-state index contributed by atoms with van der Waals surface area (Å²) < 4.78 is 5.49. The van der Waals surface area contributed by atoms with Gasteiger partial charge in [0.1, 0.15) is 5.75 Å². The second-order valence-corrected chi connectivity index (χ2v) is 7.16. The van der Waals surface area contributed by atoms with Crippen LogP contribution in [0.5, 0.6) is 5.75 Å². The number of rotatable bonds is 7. The summed E-state index contributed by atoms with van der Waals surface area (Å²) in [4.78, 5) is 20.8. The second kappa shape index (κ2) is 12.0. The lowest BCUT2D eigenvalue weighted by Gasteiger charge is -2.32. The third-order valence-corrected chi connectivity index (χ3v) is 5.20. The van der Waals surface area contributed by atoms with Crippen LogP contribution in [-0.2, 0) is 4.79 Å². The van der Waals surface area contributed by atoms with Gasteiger partial charge in [0.05, 0.1) is 5.69 Å². The van der Waals surface area contributed by atoms with E-state index < -0.39 is 0 Å². The van der Waals surface area contributed by atoms with E-state index in [0.717, 1.165) is 62.8 Å². The van der Waals surface area contributed by atoms with Crippen LogP contribution in [0.4, 0.5) is 5.69 Å². The average molecular weight is 513 g/mol. The first-order valence-corrected chi connectivity index (χ1v) is 10.0. The van der Waals surface area contributed by atoms with Gasteiger partial charge in [-0.05, 0) is 31.4 Å². The number of hydrogen-bond donors (Lipinski definition) is 2. The van der Waals surface area contributed by atoms with Crippen LogP contribution < -0.4 is 20.3 Å². The van der Waals surface area contributed by atoms with Gasteiger partial charge < -0.3 is 20.3 Å². The number of halogens is 1. The van der Waals surface area contributed by atoms with Crippen molar-refractivity contribution in [2.75, 3.05) is 51.3 Å². The fourth-order valence-corrected chi connectivity index (χ4v) is 3.67. The van der Waals surface area contributed by atoms with Gasteiger partial charge in [-0.15, -0.1) is 30.6 Å². The third-order valence-electron chi connectivity index (χ3n) is 5.20. The number of nitrogens with zero attached hydrogens (tertiary/aromatic N) is 3. The summed E-state index contributed by atoms with van der Waals surface area (Å²) >= 11 is 0. The van der Waals surface area contributed by atoms with Gasteiger partial charge in [0.2, 0.25) is 0 Å². The predicted octanol–water partition coefficient (Wildman–Crippen LogP) is 2.24. The molecule has 3 rings (SSSR count). The first-order chi connectivity index (χ1) is 13.7. The van der Waals surface area contributed by atoms with Crippen molar-refractivity contribution in [3.05, 3.63) is 36.9 Å². The maximum atomic E-state index is 12.2. The number of amides is 1. The smallest absolute Gasteiger partial charge is 0.265 e. The summed E-state index contributed by atoms with van der Waals surface area (Å²) in [5.41, 5.74) is 0.854. The van der Waals surface area contributed by atoms with Gasteiger partial charge in [-0.2, -0.15) is 0 Å². The number of benzene rings is 1. The Morgan fingerprint density at radius 3 is 2.83 bits per heavy atom. The van der Waals surface area contributed by atoms with Gasteiger partial charge in [0.25, 0.3) is 5.91 Å². The van der Waals surface area contributed by atoms with Crippen LogP contribution in [0.15, 0.2) is 41.9 Å². The van der Waals surface area contributed by atoms with Crippen molar-refractivity contribution in [3.63, 3.8) is 0 Å². The van der Waals surface area contributed by atoms with E-state index in [4.69, 9.17) is 4.74 Å². The summed E-state index contributed by atoms with van der Waals surface area (Å²) in [5, 5.41) is 6.89. The molecule has 0 radical (unpaired) electrons. The molecule has 0 atom stereocenters. The number of fused-ring (bicyclic) bond motifs is 1. The lowest BCUT2D eigenvalue weighted by atomic mass is 10.1. The van der Waals surface area contributed by atoms with E-state index in [1.165, 1.54) is 0 Å². The largest absolute Gasteiger partial charge is 0.482 e. The number of guanidine groups is 1. The highest BCUT2D eigenvalue weighted by molar-refractivity contribution is 14.0. The topological polar surface area (TPSA) is 69.2 Å². The minimum absolute atomic E-state index is 0. The summed E-state index contributed by atoms with van der Waals surface area (Å²) in [5.74, 6) is 1.61. The van der Waals surface area contributed by atoms with E-state index in [2.05, 4.69) is 27.1 Å². The lowest BCUT2D eigenvalue weighted by Crippen LogP contribution is -2.49. The van der Waals surface area contributed by atoms with Gasteiger partial charge in [-0.3, -0.25) is 14.7 Å². The molecule has 1 fully saturated rings. The van der Waals surface area contributed by atoms with Crippen molar-refractivity contribution in [2.45, 2.75) is 25.3 Å². The minimum atomic E-state index is 0. The molecule has 0 spiro atoms. The molecule has 0 aliphatic carbocycles. The van der Waals surface area contributed by atoms with Crippen LogP contribution in [0.1, 0.15) is 19.3 Å². The number of piperidine rings is 1. The molecule has 2 aliphatic heterocycles. The number of hydrogen-bond acceptors (Lipinski definition) is 4. The molecule has 0 bridgehead atoms. The van der Waals surface area contributed by atoms with Gasteiger partial charge >= 0.3 is 0 Å². The average Bonchev–Trinajstić information content (AvgIpc) is 2.73. The first kappa shape index (κ1) is 23.5. The number of aliphatic imine (C=N–C) groups is 1. The molecule has 0 unspecified atom stereocenters. The lowest BCUT2D eigenvalue weighted by molar-refractivity contribution is -0.121. The molecule has 8 heteroatoms. The Bertz CT molecular complexity index is 704. The zero-order valence-corrected chi connectivity index (χ0v) is 19.4. The van der Waals surface area contributed by atoms with E-state index in [-0.39, 0.29) is 36.5 Å². The molecule has 7 nitrogen and oxygen atoms in total. The monoisotopic (exact) mass is 513 g/mol. The molecule has 2 aliphatic rings. The van der Waals surface area contributed by atoms with Crippen LogP contribution in [0.3, 0.4) is 0 Å². The minimum Gasteiger partial charge on any atom is -0.482 e. The Labute approximate surface area is 190 Å². The Morgan fingerprint density at radius 1 is 1.34 bits per heavy atom. The van der Waals surface area contributed by atoms with E-state index in [9.17, 15) is 4.79 Å². The van der Waals surface area contributed by atoms with Crippen LogP contribution in [0.2, 0.25) is 0 Å². The van der Waals surface area contributed by atoms with Crippen molar-refractivity contribution in [1.29, 1.82) is 0 Å². The van der Waals surface area contributed by atoms with E-state index >= 15 is 0 Å². The molecule has 1 saturated heterocycles. The normalized spacial score (nSPS) is 17.8. The van der Waals surface area contributed by atoms with Crippen molar-refractivity contribution in [1.82, 2.24) is 15.5 Å². The van der Waals surface area contributed by atoms with Crippen LogP contribution in [0.25, 0.3) is 0 Å². The molecular weight excluding hydrogens is 481 g/mol. The standard InChI is InChI=1S/C21H31N5O2.HI/c1-3-12-25-14-9-17(10-15-25)24-21(22-2)23-11-6-13-26-18-7-4-5-8-19(18)28-16-20(26)27;/h3-5,7-8,17H,1,6,9-16H2,2H3,(H2,22,23,24);1H. The number of anilines is 1. The quantitative estimate of drug-likeness (QED) is 0.193. The van der Waals surface area contributed by atoms with Gasteiger partial charge in [-0.25, -0.2) is 0 Å². The molecule has 160 valence electrons. The summed E-state index contributed by atoms with van der Waals surface area (Å²) in [6.07, 6.45) is 5.01. The molecule has 1 aromatic carbocycles. The van der Waals surface area contributed by atoms with Crippen molar-refractivity contribution in [3.8, 4) is 5.75 Å². The third kappa shape index (κ3) is 6.60. The Morgan fingerprint density at radius 2 is 2.10 bits per heavy atom. The zero-order valence-electron chi connectivity index (χ0n) is 17.1. The highest BCUT2D eigenvalue weighted by Crippen LogP contribution is 2.31. The molecular formula is C21H32IN5O2. The number of para-hydroxylation sites is 2. The Kier molecular flexibility index (Phi) is 9.72. The maximum Gasteiger partial charge on any atom is 0.265 e. The Hall–Kier alpha value is -1.81. The molecule has 2 heterocycles. The first-order valence-electron chi connectivity index (χ1n) is 10.0. The van der Waals surface area contributed by atoms with Crippen molar-refractivity contribution in [2.24, 2.45) is 4.99 Å². The van der Waals surface area contributed by atoms with Gasteiger partial charge in [0.15, 0.2) is 12.6 Å². The van der Waals surface area contributed by atoms with Gasteiger partial charge in [-0.1, -0.05) is 18.2 Å². The number of ether oxygens (including phenoxy) is 1. The molecule has 29 heavy (non-hydrogen) atoms. The van der Waals surface area contributed by atoms with Gasteiger partial charge in [0, 0.05) is 45.8 Å². The summed E-state index contributed by atoms with van der Waals surface area (Å²) in [6, 6.07) is 8.13. The number of nitrogens with one attached hydrogen (secondary N) is 2. The van der Waals surface area contributed by atoms with Crippen molar-refractivity contribution < 1.29 is 9.53 Å². The Balaban J connectivity index is 0.00000300. The highest BCUT2D eigenvalue weighted by atomic mass is 127. The maximum absolute atomic E-state index is 12.2. The van der Waals surface area contributed by atoms with Crippen LogP contribution >= 0.6 is 24.0 Å². The number of carbonyl (C=O) groups is 1. The molecule has 0 saturated carbocycles. The number of likely N-dealkylation sites (tertiary alicyclic amines) is 1. The molecule has 2 N–H and O–H groups in total.